The van der Waals surface area contributed by atoms with E-state index in [9.17, 15) is 0 Å². The maximum atomic E-state index is 4.21. The van der Waals surface area contributed by atoms with Gasteiger partial charge in [0, 0.05) is 0 Å². The lowest BCUT2D eigenvalue weighted by Gasteiger charge is -2.12. The summed E-state index contributed by atoms with van der Waals surface area (Å²) in [5.74, 6) is 0. The van der Waals surface area contributed by atoms with Gasteiger partial charge in [-0.1, -0.05) is 42.1 Å². The van der Waals surface area contributed by atoms with Crippen molar-refractivity contribution < 1.29 is 0 Å². The lowest BCUT2D eigenvalue weighted by Crippen LogP contribution is -1.99. The number of rotatable bonds is 4. The van der Waals surface area contributed by atoms with E-state index in [4.69, 9.17) is 0 Å². The number of hydrogen-bond donors (Lipinski definition) is 2. The van der Waals surface area contributed by atoms with E-state index in [1.54, 1.807) is 0 Å². The second kappa shape index (κ2) is 4.91. The normalized spacial score (nSPS) is 12.0. The summed E-state index contributed by atoms with van der Waals surface area (Å²) in [6.45, 7) is 2.19. The van der Waals surface area contributed by atoms with E-state index in [0.29, 0.717) is 0 Å². The highest BCUT2D eigenvalue weighted by Crippen LogP contribution is 2.32. The molecule has 0 aromatic carbocycles. The van der Waals surface area contributed by atoms with E-state index in [1.807, 2.05) is 0 Å². The summed E-state index contributed by atoms with van der Waals surface area (Å²) in [5.41, 5.74) is 0. The fourth-order valence-electron chi connectivity index (χ4n) is 0.600. The molecule has 0 aromatic heterocycles. The minimum atomic E-state index is -0.248. The van der Waals surface area contributed by atoms with Crippen LogP contribution >= 0.6 is 41.2 Å². The molecule has 0 spiro atoms. The summed E-state index contributed by atoms with van der Waals surface area (Å²) >= 11 is 11.8. The lowest BCUT2D eigenvalue weighted by molar-refractivity contribution is 0.691. The second-order valence-electron chi connectivity index (χ2n) is 2.18. The first-order valence-corrected chi connectivity index (χ1v) is 4.88. The van der Waals surface area contributed by atoms with E-state index in [-0.39, 0.29) is 2.99 Å². The molecule has 0 radical (unpaired) electrons. The van der Waals surface area contributed by atoms with Gasteiger partial charge in [-0.2, -0.15) is 25.3 Å². The maximum Gasteiger partial charge on any atom is 0.110 e. The topological polar surface area (TPSA) is 0 Å². The van der Waals surface area contributed by atoms with Crippen LogP contribution in [0.2, 0.25) is 0 Å². The van der Waals surface area contributed by atoms with E-state index in [1.165, 1.54) is 19.3 Å². The van der Waals surface area contributed by atoms with Gasteiger partial charge in [0.05, 0.1) is 0 Å². The Labute approximate surface area is 76.7 Å². The Kier molecular flexibility index (Phi) is 5.56. The average Bonchev–Trinajstić information content (AvgIpc) is 1.63. The Morgan fingerprint density at radius 3 is 2.22 bits per heavy atom. The molecule has 0 amide bonds. The van der Waals surface area contributed by atoms with Crippen molar-refractivity contribution in [3.05, 3.63) is 0 Å². The summed E-state index contributed by atoms with van der Waals surface area (Å²) in [6, 6.07) is 0. The van der Waals surface area contributed by atoms with Gasteiger partial charge < -0.3 is 0 Å². The highest BCUT2D eigenvalue weighted by molar-refractivity contribution is 9.13. The Morgan fingerprint density at radius 2 is 1.89 bits per heavy atom. The van der Waals surface area contributed by atoms with Crippen molar-refractivity contribution in [3.8, 4) is 0 Å². The Balaban J connectivity index is 3.07. The van der Waals surface area contributed by atoms with Crippen LogP contribution in [0.25, 0.3) is 0 Å². The van der Waals surface area contributed by atoms with Crippen LogP contribution in [-0.2, 0) is 0 Å². The maximum absolute atomic E-state index is 4.21. The fraction of sp³-hybridized carbons (Fsp3) is 1.00. The summed E-state index contributed by atoms with van der Waals surface area (Å²) in [7, 11) is 0. The largest absolute Gasteiger partial charge is 0.151 e. The van der Waals surface area contributed by atoms with Gasteiger partial charge >= 0.3 is 0 Å². The molecule has 0 aromatic rings. The summed E-state index contributed by atoms with van der Waals surface area (Å²) < 4.78 is -0.248. The molecule has 56 valence electrons. The molecule has 0 bridgehead atoms. The van der Waals surface area contributed by atoms with E-state index >= 15 is 0 Å². The molecule has 3 heteroatoms. The first-order valence-electron chi connectivity index (χ1n) is 3.20. The molecule has 0 nitrogen and oxygen atoms in total. The number of halogens is 1. The molecule has 0 heterocycles. The molecule has 0 aliphatic carbocycles. The van der Waals surface area contributed by atoms with E-state index in [0.717, 1.165) is 6.42 Å². The van der Waals surface area contributed by atoms with Crippen LogP contribution in [-0.4, -0.2) is 2.99 Å². The van der Waals surface area contributed by atoms with E-state index in [2.05, 4.69) is 48.1 Å². The fourth-order valence-corrected chi connectivity index (χ4v) is 1.20. The van der Waals surface area contributed by atoms with Gasteiger partial charge in [0.2, 0.25) is 0 Å². The van der Waals surface area contributed by atoms with Crippen LogP contribution in [0.3, 0.4) is 0 Å². The van der Waals surface area contributed by atoms with Crippen LogP contribution in [0.4, 0.5) is 0 Å². The SMILES string of the molecule is CCCCCC(S)(S)Br. The minimum Gasteiger partial charge on any atom is -0.151 e. The van der Waals surface area contributed by atoms with Crippen molar-refractivity contribution >= 4 is 41.2 Å². The molecule has 0 rings (SSSR count). The van der Waals surface area contributed by atoms with Crippen molar-refractivity contribution in [1.29, 1.82) is 0 Å². The van der Waals surface area contributed by atoms with Crippen LogP contribution < -0.4 is 0 Å². The monoisotopic (exact) mass is 228 g/mol. The molecular weight excluding hydrogens is 216 g/mol. The zero-order valence-corrected chi connectivity index (χ0v) is 8.98. The van der Waals surface area contributed by atoms with Crippen LogP contribution in [0, 0.1) is 0 Å². The molecule has 0 unspecified atom stereocenters. The number of thiol groups is 2. The zero-order valence-electron chi connectivity index (χ0n) is 5.60. The van der Waals surface area contributed by atoms with Crippen molar-refractivity contribution in [2.45, 2.75) is 35.6 Å². The first kappa shape index (κ1) is 10.2. The molecule has 0 aliphatic rings. The molecule has 0 saturated heterocycles. The second-order valence-corrected chi connectivity index (χ2v) is 6.64. The van der Waals surface area contributed by atoms with Gasteiger partial charge in [-0.05, 0) is 6.42 Å². The molecule has 0 N–H and O–H groups in total. The Bertz CT molecular complexity index is 67.9. The van der Waals surface area contributed by atoms with Gasteiger partial charge in [-0.15, -0.1) is 0 Å². The molecule has 9 heavy (non-hydrogen) atoms. The standard InChI is InChI=1S/C6H13BrS2/c1-2-3-4-5-6(7,8)9/h8-9H,2-5H2,1H3. The summed E-state index contributed by atoms with van der Waals surface area (Å²) in [5, 5.41) is 0. The first-order chi connectivity index (χ1) is 4.06. The third-order valence-electron chi connectivity index (χ3n) is 1.10. The Hall–Kier alpha value is 1.18. The van der Waals surface area contributed by atoms with Gasteiger partial charge in [0.25, 0.3) is 0 Å². The average molecular weight is 229 g/mol. The smallest absolute Gasteiger partial charge is 0.110 e. The highest BCUT2D eigenvalue weighted by atomic mass is 79.9. The summed E-state index contributed by atoms with van der Waals surface area (Å²) in [4.78, 5) is 0. The minimum absolute atomic E-state index is 0.248. The molecule has 0 aliphatic heterocycles. The zero-order chi connectivity index (χ0) is 7.33. The van der Waals surface area contributed by atoms with Gasteiger partial charge in [-0.25, -0.2) is 0 Å². The highest BCUT2D eigenvalue weighted by Gasteiger charge is 2.12. The predicted molar refractivity (Wildman–Crippen MR) is 53.8 cm³/mol. The molecule has 0 atom stereocenters. The van der Waals surface area contributed by atoms with Gasteiger partial charge in [0.1, 0.15) is 2.99 Å². The van der Waals surface area contributed by atoms with Gasteiger partial charge in [-0.3, -0.25) is 0 Å². The van der Waals surface area contributed by atoms with Crippen LogP contribution in [0.15, 0.2) is 0 Å². The van der Waals surface area contributed by atoms with Crippen LogP contribution in [0.1, 0.15) is 32.6 Å². The number of hydrogen-bond acceptors (Lipinski definition) is 2. The van der Waals surface area contributed by atoms with E-state index < -0.39 is 0 Å². The van der Waals surface area contributed by atoms with Crippen molar-refractivity contribution in [1.82, 2.24) is 0 Å². The Morgan fingerprint density at radius 1 is 1.33 bits per heavy atom. The van der Waals surface area contributed by atoms with Crippen molar-refractivity contribution in [3.63, 3.8) is 0 Å². The van der Waals surface area contributed by atoms with Gasteiger partial charge in [0.15, 0.2) is 0 Å². The van der Waals surface area contributed by atoms with Crippen molar-refractivity contribution in [2.75, 3.05) is 0 Å². The molecule has 0 fully saturated rings. The third-order valence-corrected chi connectivity index (χ3v) is 1.94. The quantitative estimate of drug-likeness (QED) is 0.313. The lowest BCUT2D eigenvalue weighted by atomic mass is 10.2. The molecule has 0 saturated carbocycles. The number of unbranched alkanes of at least 4 members (excludes halogenated alkanes) is 2. The molecular formula is C6H13BrS2. The van der Waals surface area contributed by atoms with Crippen LogP contribution in [0.5, 0.6) is 0 Å². The predicted octanol–water partition coefficient (Wildman–Crippen LogP) is 3.48. The van der Waals surface area contributed by atoms with Crippen molar-refractivity contribution in [2.24, 2.45) is 0 Å². The number of alkyl halides is 1. The summed E-state index contributed by atoms with van der Waals surface area (Å²) in [6.07, 6.45) is 4.75. The third kappa shape index (κ3) is 9.18.